The Balaban J connectivity index is 1.86. The molecular weight excluding hydrogens is 240 g/mol. The molecule has 0 saturated carbocycles. The fourth-order valence-electron chi connectivity index (χ4n) is 2.92. The number of hydrogen-bond acceptors (Lipinski definition) is 3. The van der Waals surface area contributed by atoms with Crippen molar-refractivity contribution in [1.82, 2.24) is 10.2 Å². The van der Waals surface area contributed by atoms with E-state index in [-0.39, 0.29) is 11.9 Å². The summed E-state index contributed by atoms with van der Waals surface area (Å²) in [6.45, 7) is 3.25. The van der Waals surface area contributed by atoms with Gasteiger partial charge in [-0.15, -0.1) is 0 Å². The van der Waals surface area contributed by atoms with Crippen LogP contribution < -0.4 is 5.32 Å². The van der Waals surface area contributed by atoms with E-state index in [0.717, 1.165) is 38.1 Å². The van der Waals surface area contributed by atoms with Crippen molar-refractivity contribution in [3.8, 4) is 0 Å². The second-order valence-electron chi connectivity index (χ2n) is 5.30. The molecule has 0 bridgehead atoms. The third-order valence-corrected chi connectivity index (χ3v) is 4.14. The lowest BCUT2D eigenvalue weighted by Crippen LogP contribution is -2.38. The Morgan fingerprint density at radius 3 is 3.16 bits per heavy atom. The molecule has 2 heterocycles. The van der Waals surface area contributed by atoms with Crippen LogP contribution in [-0.2, 0) is 17.7 Å². The number of hydrogen-bond donors (Lipinski definition) is 1. The number of ether oxygens (including phenoxy) is 1. The lowest BCUT2D eigenvalue weighted by molar-refractivity contribution is 0.0710. The largest absolute Gasteiger partial charge is 0.379 e. The van der Waals surface area contributed by atoms with Crippen LogP contribution in [0, 0.1) is 0 Å². The van der Waals surface area contributed by atoms with Gasteiger partial charge in [-0.25, -0.2) is 0 Å². The van der Waals surface area contributed by atoms with Crippen LogP contribution in [0.5, 0.6) is 0 Å². The molecule has 4 heteroatoms. The third kappa shape index (κ3) is 2.38. The third-order valence-electron chi connectivity index (χ3n) is 4.14. The van der Waals surface area contributed by atoms with E-state index in [4.69, 9.17) is 4.74 Å². The van der Waals surface area contributed by atoms with Gasteiger partial charge in [0.2, 0.25) is 0 Å². The molecule has 1 saturated heterocycles. The Kier molecular flexibility index (Phi) is 3.53. The summed E-state index contributed by atoms with van der Waals surface area (Å²) in [6.07, 6.45) is 1.88. The van der Waals surface area contributed by atoms with Crippen molar-refractivity contribution < 1.29 is 9.53 Å². The van der Waals surface area contributed by atoms with Crippen molar-refractivity contribution in [3.63, 3.8) is 0 Å². The first-order chi connectivity index (χ1) is 9.27. The topological polar surface area (TPSA) is 41.6 Å². The molecule has 0 aromatic heterocycles. The predicted octanol–water partition coefficient (Wildman–Crippen LogP) is 1.19. The zero-order valence-electron chi connectivity index (χ0n) is 11.3. The maximum absolute atomic E-state index is 12.7. The summed E-state index contributed by atoms with van der Waals surface area (Å²) < 4.78 is 5.37. The van der Waals surface area contributed by atoms with Crippen LogP contribution in [0.25, 0.3) is 0 Å². The van der Waals surface area contributed by atoms with Crippen molar-refractivity contribution in [2.45, 2.75) is 25.4 Å². The van der Waals surface area contributed by atoms with Gasteiger partial charge >= 0.3 is 0 Å². The summed E-state index contributed by atoms with van der Waals surface area (Å²) in [5.74, 6) is 0.134. The van der Waals surface area contributed by atoms with E-state index < -0.39 is 0 Å². The second kappa shape index (κ2) is 5.31. The summed E-state index contributed by atoms with van der Waals surface area (Å²) in [4.78, 5) is 14.5. The number of benzene rings is 1. The van der Waals surface area contributed by atoms with E-state index in [1.807, 2.05) is 24.1 Å². The van der Waals surface area contributed by atoms with Gasteiger partial charge in [0, 0.05) is 25.8 Å². The highest BCUT2D eigenvalue weighted by atomic mass is 16.5. The minimum Gasteiger partial charge on any atom is -0.379 e. The van der Waals surface area contributed by atoms with Gasteiger partial charge in [-0.1, -0.05) is 12.1 Å². The molecule has 1 atom stereocenters. The fraction of sp³-hybridized carbons (Fsp3) is 0.533. The fourth-order valence-corrected chi connectivity index (χ4v) is 2.92. The standard InChI is InChI=1S/C15H20N2O2/c1-17(12-6-8-19-10-12)15(18)14-4-2-3-11-9-16-7-5-13(11)14/h2-4,12,16H,5-10H2,1H3. The SMILES string of the molecule is CN(C(=O)c1cccc2c1CCNC2)C1CCOC1. The second-order valence-corrected chi connectivity index (χ2v) is 5.30. The highest BCUT2D eigenvalue weighted by Crippen LogP contribution is 2.22. The van der Waals surface area contributed by atoms with Crippen LogP contribution in [0.15, 0.2) is 18.2 Å². The highest BCUT2D eigenvalue weighted by Gasteiger charge is 2.27. The highest BCUT2D eigenvalue weighted by molar-refractivity contribution is 5.96. The van der Waals surface area contributed by atoms with Gasteiger partial charge in [0.25, 0.3) is 5.91 Å². The maximum atomic E-state index is 12.7. The molecule has 1 N–H and O–H groups in total. The van der Waals surface area contributed by atoms with Gasteiger partial charge in [-0.05, 0) is 36.6 Å². The molecule has 1 unspecified atom stereocenters. The lowest BCUT2D eigenvalue weighted by Gasteiger charge is -2.26. The van der Waals surface area contributed by atoms with E-state index in [1.54, 1.807) is 0 Å². The van der Waals surface area contributed by atoms with Crippen LogP contribution in [0.3, 0.4) is 0 Å². The average molecular weight is 260 g/mol. The summed E-state index contributed by atoms with van der Waals surface area (Å²) in [7, 11) is 1.89. The number of amides is 1. The molecule has 4 nitrogen and oxygen atoms in total. The Morgan fingerprint density at radius 1 is 1.47 bits per heavy atom. The number of carbonyl (C=O) groups is 1. The van der Waals surface area contributed by atoms with Crippen LogP contribution in [-0.4, -0.2) is 43.7 Å². The molecule has 1 aromatic carbocycles. The van der Waals surface area contributed by atoms with Gasteiger partial charge in [0.15, 0.2) is 0 Å². The van der Waals surface area contributed by atoms with Crippen molar-refractivity contribution in [1.29, 1.82) is 0 Å². The zero-order chi connectivity index (χ0) is 13.2. The molecule has 1 aromatic rings. The van der Waals surface area contributed by atoms with E-state index in [0.29, 0.717) is 6.61 Å². The smallest absolute Gasteiger partial charge is 0.254 e. The lowest BCUT2D eigenvalue weighted by atomic mass is 9.94. The van der Waals surface area contributed by atoms with Crippen LogP contribution in [0.1, 0.15) is 27.9 Å². The number of fused-ring (bicyclic) bond motifs is 1. The number of nitrogens with one attached hydrogen (secondary N) is 1. The van der Waals surface area contributed by atoms with E-state index in [2.05, 4.69) is 11.4 Å². The summed E-state index contributed by atoms with van der Waals surface area (Å²) in [5.41, 5.74) is 3.35. The van der Waals surface area contributed by atoms with E-state index in [1.165, 1.54) is 11.1 Å². The van der Waals surface area contributed by atoms with Crippen LogP contribution >= 0.6 is 0 Å². The van der Waals surface area contributed by atoms with Crippen LogP contribution in [0.4, 0.5) is 0 Å². The number of likely N-dealkylation sites (N-methyl/N-ethyl adjacent to an activating group) is 1. The quantitative estimate of drug-likeness (QED) is 0.868. The van der Waals surface area contributed by atoms with Gasteiger partial charge in [0.1, 0.15) is 0 Å². The Hall–Kier alpha value is -1.39. The molecule has 19 heavy (non-hydrogen) atoms. The Labute approximate surface area is 113 Å². The van der Waals surface area contributed by atoms with Crippen molar-refractivity contribution in [3.05, 3.63) is 34.9 Å². The first-order valence-electron chi connectivity index (χ1n) is 6.94. The Morgan fingerprint density at radius 2 is 2.37 bits per heavy atom. The first kappa shape index (κ1) is 12.6. The normalized spacial score (nSPS) is 22.1. The molecule has 3 rings (SSSR count). The number of nitrogens with zero attached hydrogens (tertiary/aromatic N) is 1. The molecule has 2 aliphatic heterocycles. The molecule has 0 spiro atoms. The Bertz CT molecular complexity index is 481. The van der Waals surface area contributed by atoms with Gasteiger partial charge in [0.05, 0.1) is 12.6 Å². The molecule has 2 aliphatic rings. The zero-order valence-corrected chi connectivity index (χ0v) is 11.3. The molecule has 102 valence electrons. The van der Waals surface area contributed by atoms with Gasteiger partial charge < -0.3 is 15.0 Å². The number of rotatable bonds is 2. The first-order valence-corrected chi connectivity index (χ1v) is 6.94. The van der Waals surface area contributed by atoms with Crippen LogP contribution in [0.2, 0.25) is 0 Å². The average Bonchev–Trinajstić information content (AvgIpc) is 2.99. The molecule has 0 aliphatic carbocycles. The predicted molar refractivity (Wildman–Crippen MR) is 73.2 cm³/mol. The number of carbonyl (C=O) groups excluding carboxylic acids is 1. The molecule has 1 fully saturated rings. The summed E-state index contributed by atoms with van der Waals surface area (Å²) >= 11 is 0. The summed E-state index contributed by atoms with van der Waals surface area (Å²) in [6, 6.07) is 6.28. The maximum Gasteiger partial charge on any atom is 0.254 e. The monoisotopic (exact) mass is 260 g/mol. The molecular formula is C15H20N2O2. The van der Waals surface area contributed by atoms with E-state index >= 15 is 0 Å². The molecule has 1 amide bonds. The van der Waals surface area contributed by atoms with Crippen molar-refractivity contribution >= 4 is 5.91 Å². The van der Waals surface area contributed by atoms with Gasteiger partial charge in [-0.3, -0.25) is 4.79 Å². The van der Waals surface area contributed by atoms with Crippen molar-refractivity contribution in [2.75, 3.05) is 26.8 Å². The summed E-state index contributed by atoms with van der Waals surface area (Å²) in [5, 5.41) is 3.35. The molecule has 0 radical (unpaired) electrons. The van der Waals surface area contributed by atoms with Crippen molar-refractivity contribution in [2.24, 2.45) is 0 Å². The van der Waals surface area contributed by atoms with E-state index in [9.17, 15) is 4.79 Å². The minimum absolute atomic E-state index is 0.134. The van der Waals surface area contributed by atoms with Gasteiger partial charge in [-0.2, -0.15) is 0 Å². The minimum atomic E-state index is 0.134.